The van der Waals surface area contributed by atoms with E-state index in [2.05, 4.69) is 4.98 Å². The first-order chi connectivity index (χ1) is 10.0. The molecule has 0 saturated heterocycles. The molecule has 6 nitrogen and oxygen atoms in total. The van der Waals surface area contributed by atoms with Crippen molar-refractivity contribution in [3.05, 3.63) is 40.3 Å². The van der Waals surface area contributed by atoms with Crippen molar-refractivity contribution >= 4 is 24.2 Å². The van der Waals surface area contributed by atoms with Gasteiger partial charge in [-0.3, -0.25) is 18.2 Å². The third kappa shape index (κ3) is 3.49. The number of nitrogens with zero attached hydrogens (tertiary/aromatic N) is 2. The first kappa shape index (κ1) is 16.1. The predicted molar refractivity (Wildman–Crippen MR) is 84.4 cm³/mol. The van der Waals surface area contributed by atoms with Gasteiger partial charge in [-0.15, -0.1) is 0 Å². The summed E-state index contributed by atoms with van der Waals surface area (Å²) in [4.78, 5) is 16.6. The van der Waals surface area contributed by atoms with Gasteiger partial charge in [0.2, 0.25) is 5.88 Å². The molecular formula is C13H17N2O4PS. The highest BCUT2D eigenvalue weighted by Gasteiger charge is 2.24. The summed E-state index contributed by atoms with van der Waals surface area (Å²) < 4.78 is 17.9. The maximum Gasteiger partial charge on any atom is 0.381 e. The lowest BCUT2D eigenvalue weighted by Crippen LogP contribution is -2.19. The Kier molecular flexibility index (Phi) is 5.11. The lowest BCUT2D eigenvalue weighted by Gasteiger charge is -2.21. The average molecular weight is 328 g/mol. The Bertz CT molecular complexity index is 737. The van der Waals surface area contributed by atoms with Crippen LogP contribution >= 0.6 is 6.72 Å². The van der Waals surface area contributed by atoms with Crippen LogP contribution in [-0.2, 0) is 20.9 Å². The second-order valence-electron chi connectivity index (χ2n) is 4.15. The summed E-state index contributed by atoms with van der Waals surface area (Å²) in [5, 5.41) is 0. The normalized spacial score (nSPS) is 11.8. The van der Waals surface area contributed by atoms with Crippen LogP contribution in [0.25, 0.3) is 5.65 Å². The van der Waals surface area contributed by atoms with Gasteiger partial charge < -0.3 is 4.52 Å². The van der Waals surface area contributed by atoms with Gasteiger partial charge in [-0.05, 0) is 32.9 Å². The molecule has 0 bridgehead atoms. The molecule has 0 unspecified atom stereocenters. The van der Waals surface area contributed by atoms with Crippen LogP contribution in [0.3, 0.4) is 0 Å². The molecule has 21 heavy (non-hydrogen) atoms. The lowest BCUT2D eigenvalue weighted by atomic mass is 10.3. The zero-order valence-electron chi connectivity index (χ0n) is 12.1. The van der Waals surface area contributed by atoms with Gasteiger partial charge in [0, 0.05) is 18.0 Å². The Morgan fingerprint density at radius 3 is 2.57 bits per heavy atom. The van der Waals surface area contributed by atoms with Gasteiger partial charge in [0.05, 0.1) is 18.8 Å². The van der Waals surface area contributed by atoms with E-state index >= 15 is 0 Å². The molecule has 0 aliphatic carbocycles. The van der Waals surface area contributed by atoms with E-state index < -0.39 is 6.72 Å². The Morgan fingerprint density at radius 1 is 1.29 bits per heavy atom. The summed E-state index contributed by atoms with van der Waals surface area (Å²) >= 11 is 5.30. The topological polar surface area (TPSA) is 62.1 Å². The molecular weight excluding hydrogens is 311 g/mol. The highest BCUT2D eigenvalue weighted by molar-refractivity contribution is 8.07. The van der Waals surface area contributed by atoms with E-state index in [1.165, 1.54) is 4.40 Å². The SMILES string of the molecule is CCOP(=S)(OCC)Oc1nc2ccccn2c(=O)c1C. The third-order valence-electron chi connectivity index (χ3n) is 2.69. The van der Waals surface area contributed by atoms with E-state index in [0.717, 1.165) is 0 Å². The van der Waals surface area contributed by atoms with Gasteiger partial charge in [0.15, 0.2) is 0 Å². The van der Waals surface area contributed by atoms with E-state index in [1.54, 1.807) is 45.2 Å². The number of pyridine rings is 1. The molecule has 0 spiro atoms. The zero-order chi connectivity index (χ0) is 15.5. The van der Waals surface area contributed by atoms with Crippen LogP contribution in [0.15, 0.2) is 29.2 Å². The molecule has 2 aromatic heterocycles. The van der Waals surface area contributed by atoms with Gasteiger partial charge >= 0.3 is 6.72 Å². The summed E-state index contributed by atoms with van der Waals surface area (Å²) in [6.45, 7) is 3.03. The van der Waals surface area contributed by atoms with E-state index in [0.29, 0.717) is 24.4 Å². The summed E-state index contributed by atoms with van der Waals surface area (Å²) in [6, 6.07) is 5.28. The fourth-order valence-corrected chi connectivity index (χ4v) is 3.80. The van der Waals surface area contributed by atoms with Gasteiger partial charge in [0.25, 0.3) is 5.56 Å². The molecule has 0 aromatic carbocycles. The van der Waals surface area contributed by atoms with Crippen molar-refractivity contribution in [3.8, 4) is 5.88 Å². The molecule has 2 heterocycles. The molecule has 0 radical (unpaired) electrons. The van der Waals surface area contributed by atoms with E-state index in [1.807, 2.05) is 0 Å². The molecule has 0 N–H and O–H groups in total. The van der Waals surface area contributed by atoms with Crippen LogP contribution in [0.5, 0.6) is 5.88 Å². The van der Waals surface area contributed by atoms with Crippen LogP contribution in [-0.4, -0.2) is 22.6 Å². The molecule has 2 rings (SSSR count). The van der Waals surface area contributed by atoms with Crippen LogP contribution in [0.2, 0.25) is 0 Å². The summed E-state index contributed by atoms with van der Waals surface area (Å²) in [5.74, 6) is 0.163. The Balaban J connectivity index is 2.49. The van der Waals surface area contributed by atoms with Crippen molar-refractivity contribution in [2.45, 2.75) is 20.8 Å². The first-order valence-corrected chi connectivity index (χ1v) is 9.13. The fraction of sp³-hybridized carbons (Fsp3) is 0.385. The Labute approximate surface area is 127 Å². The molecule has 8 heteroatoms. The smallest absolute Gasteiger partial charge is 0.381 e. The molecule has 2 aromatic rings. The number of hydrogen-bond donors (Lipinski definition) is 0. The number of aromatic nitrogens is 2. The number of fused-ring (bicyclic) bond motifs is 1. The second kappa shape index (κ2) is 6.66. The maximum atomic E-state index is 12.3. The second-order valence-corrected chi connectivity index (χ2v) is 7.09. The highest BCUT2D eigenvalue weighted by Crippen LogP contribution is 2.49. The molecule has 0 saturated carbocycles. The minimum atomic E-state index is -2.94. The van der Waals surface area contributed by atoms with Crippen molar-refractivity contribution in [2.75, 3.05) is 13.2 Å². The van der Waals surface area contributed by atoms with Gasteiger partial charge in [0.1, 0.15) is 5.65 Å². The van der Waals surface area contributed by atoms with E-state index in [-0.39, 0.29) is 11.4 Å². The first-order valence-electron chi connectivity index (χ1n) is 6.57. The molecule has 0 atom stereocenters. The van der Waals surface area contributed by atoms with Crippen molar-refractivity contribution < 1.29 is 13.6 Å². The molecule has 114 valence electrons. The number of hydrogen-bond acceptors (Lipinski definition) is 6. The zero-order valence-corrected chi connectivity index (χ0v) is 13.8. The fourth-order valence-electron chi connectivity index (χ4n) is 1.76. The largest absolute Gasteiger partial charge is 0.405 e. The standard InChI is InChI=1S/C13H17N2O4PS/c1-4-17-20(21,18-5-2)19-12-10(3)13(16)15-9-7-6-8-11(15)14-12/h6-9H,4-5H2,1-3H3. The molecule has 0 amide bonds. The quantitative estimate of drug-likeness (QED) is 0.760. The maximum absolute atomic E-state index is 12.3. The minimum absolute atomic E-state index is 0.163. The highest BCUT2D eigenvalue weighted by atomic mass is 32.5. The lowest BCUT2D eigenvalue weighted by molar-refractivity contribution is 0.215. The third-order valence-corrected chi connectivity index (χ3v) is 5.09. The Hall–Kier alpha value is -1.27. The van der Waals surface area contributed by atoms with Gasteiger partial charge in [-0.1, -0.05) is 6.07 Å². The van der Waals surface area contributed by atoms with Crippen molar-refractivity contribution in [1.82, 2.24) is 9.38 Å². The average Bonchev–Trinajstić information content (AvgIpc) is 2.45. The van der Waals surface area contributed by atoms with Crippen LogP contribution in [0, 0.1) is 6.92 Å². The summed E-state index contributed by atoms with van der Waals surface area (Å²) in [7, 11) is 0. The summed E-state index contributed by atoms with van der Waals surface area (Å²) in [6.07, 6.45) is 1.66. The monoisotopic (exact) mass is 328 g/mol. The van der Waals surface area contributed by atoms with Crippen LogP contribution in [0.4, 0.5) is 0 Å². The van der Waals surface area contributed by atoms with Crippen molar-refractivity contribution in [1.29, 1.82) is 0 Å². The summed E-state index contributed by atoms with van der Waals surface area (Å²) in [5.41, 5.74) is 0.648. The molecule has 0 aliphatic heterocycles. The number of rotatable bonds is 6. The minimum Gasteiger partial charge on any atom is -0.405 e. The van der Waals surface area contributed by atoms with Gasteiger partial charge in [-0.25, -0.2) is 0 Å². The van der Waals surface area contributed by atoms with Gasteiger partial charge in [-0.2, -0.15) is 4.98 Å². The van der Waals surface area contributed by atoms with Crippen LogP contribution in [0.1, 0.15) is 19.4 Å². The van der Waals surface area contributed by atoms with E-state index in [4.69, 9.17) is 25.4 Å². The predicted octanol–water partition coefficient (Wildman–Crippen LogP) is 2.68. The molecule has 0 aliphatic rings. The van der Waals surface area contributed by atoms with Crippen molar-refractivity contribution in [3.63, 3.8) is 0 Å². The van der Waals surface area contributed by atoms with Crippen LogP contribution < -0.4 is 10.1 Å². The van der Waals surface area contributed by atoms with Crippen molar-refractivity contribution in [2.24, 2.45) is 0 Å². The Morgan fingerprint density at radius 2 is 1.95 bits per heavy atom. The van der Waals surface area contributed by atoms with E-state index in [9.17, 15) is 4.79 Å². The molecule has 0 fully saturated rings.